The van der Waals surface area contributed by atoms with E-state index in [-0.39, 0.29) is 11.4 Å². The molecule has 0 spiro atoms. The molecule has 0 aliphatic heterocycles. The average molecular weight is 377 g/mol. The fraction of sp³-hybridized carbons (Fsp3) is 0.400. The zero-order valence-electron chi connectivity index (χ0n) is 16.0. The van der Waals surface area contributed by atoms with E-state index in [2.05, 4.69) is 35.6 Å². The second kappa shape index (κ2) is 9.16. The van der Waals surface area contributed by atoms with Crippen LogP contribution in [0.5, 0.6) is 5.75 Å². The molecular formula is C20H28N2O3S. The van der Waals surface area contributed by atoms with E-state index < -0.39 is 10.0 Å². The number of hydrogen-bond acceptors (Lipinski definition) is 4. The Balaban J connectivity index is 2.02. The highest BCUT2D eigenvalue weighted by Crippen LogP contribution is 2.21. The number of benzene rings is 2. The van der Waals surface area contributed by atoms with Crippen molar-refractivity contribution in [1.29, 1.82) is 0 Å². The van der Waals surface area contributed by atoms with E-state index in [0.29, 0.717) is 5.75 Å². The molecule has 0 radical (unpaired) electrons. The predicted molar refractivity (Wildman–Crippen MR) is 105 cm³/mol. The van der Waals surface area contributed by atoms with Gasteiger partial charge in [-0.25, -0.2) is 13.1 Å². The van der Waals surface area contributed by atoms with E-state index in [0.717, 1.165) is 30.8 Å². The summed E-state index contributed by atoms with van der Waals surface area (Å²) < 4.78 is 32.8. The molecule has 0 saturated carbocycles. The van der Waals surface area contributed by atoms with Crippen molar-refractivity contribution >= 4 is 10.0 Å². The number of hydrogen-bond donors (Lipinski definition) is 1. The molecule has 0 bridgehead atoms. The Morgan fingerprint density at radius 1 is 1.00 bits per heavy atom. The van der Waals surface area contributed by atoms with Crippen LogP contribution in [-0.2, 0) is 23.1 Å². The van der Waals surface area contributed by atoms with Crippen LogP contribution in [0, 0.1) is 6.92 Å². The minimum atomic E-state index is -3.56. The molecule has 0 amide bonds. The van der Waals surface area contributed by atoms with Gasteiger partial charge in [0.1, 0.15) is 5.75 Å². The second-order valence-electron chi connectivity index (χ2n) is 6.23. The van der Waals surface area contributed by atoms with Crippen LogP contribution in [-0.4, -0.2) is 33.5 Å². The molecule has 2 aromatic rings. The molecule has 0 saturated heterocycles. The molecule has 0 heterocycles. The molecule has 2 aromatic carbocycles. The Morgan fingerprint density at radius 3 is 2.15 bits per heavy atom. The molecule has 0 aliphatic rings. The van der Waals surface area contributed by atoms with Crippen molar-refractivity contribution in [3.63, 3.8) is 0 Å². The number of rotatable bonds is 9. The SMILES string of the molecule is CCN(CC)Cc1ccc(CNS(=O)(=O)c2ccc(OC)c(C)c2)cc1. The van der Waals surface area contributed by atoms with E-state index >= 15 is 0 Å². The standard InChI is InChI=1S/C20H28N2O3S/c1-5-22(6-2)15-18-9-7-17(8-10-18)14-21-26(23,24)19-11-12-20(25-4)16(3)13-19/h7-13,21H,5-6,14-15H2,1-4H3. The summed E-state index contributed by atoms with van der Waals surface area (Å²) in [6, 6.07) is 12.9. The Kier molecular flexibility index (Phi) is 7.20. The zero-order valence-corrected chi connectivity index (χ0v) is 16.8. The lowest BCUT2D eigenvalue weighted by atomic mass is 10.1. The highest BCUT2D eigenvalue weighted by atomic mass is 32.2. The molecule has 0 aliphatic carbocycles. The summed E-state index contributed by atoms with van der Waals surface area (Å²) in [7, 11) is -1.99. The lowest BCUT2D eigenvalue weighted by molar-refractivity contribution is 0.296. The van der Waals surface area contributed by atoms with Crippen LogP contribution in [0.1, 0.15) is 30.5 Å². The monoisotopic (exact) mass is 376 g/mol. The Bertz CT molecular complexity index is 813. The summed E-state index contributed by atoms with van der Waals surface area (Å²) in [5.74, 6) is 0.674. The Hall–Kier alpha value is -1.89. The van der Waals surface area contributed by atoms with Crippen molar-refractivity contribution in [2.24, 2.45) is 0 Å². The lowest BCUT2D eigenvalue weighted by Gasteiger charge is -2.18. The number of nitrogens with zero attached hydrogens (tertiary/aromatic N) is 1. The minimum absolute atomic E-state index is 0.244. The average Bonchev–Trinajstić information content (AvgIpc) is 2.65. The van der Waals surface area contributed by atoms with Gasteiger partial charge in [0, 0.05) is 13.1 Å². The second-order valence-corrected chi connectivity index (χ2v) is 8.00. The fourth-order valence-electron chi connectivity index (χ4n) is 2.75. The van der Waals surface area contributed by atoms with E-state index in [1.165, 1.54) is 5.56 Å². The summed E-state index contributed by atoms with van der Waals surface area (Å²) >= 11 is 0. The first-order valence-corrected chi connectivity index (χ1v) is 10.3. The summed E-state index contributed by atoms with van der Waals surface area (Å²) in [4.78, 5) is 2.58. The van der Waals surface area contributed by atoms with Crippen LogP contribution in [0.25, 0.3) is 0 Å². The van der Waals surface area contributed by atoms with Crippen molar-refractivity contribution < 1.29 is 13.2 Å². The third-order valence-corrected chi connectivity index (χ3v) is 5.87. The van der Waals surface area contributed by atoms with E-state index in [9.17, 15) is 8.42 Å². The number of methoxy groups -OCH3 is 1. The van der Waals surface area contributed by atoms with Gasteiger partial charge in [-0.3, -0.25) is 4.90 Å². The number of ether oxygens (including phenoxy) is 1. The minimum Gasteiger partial charge on any atom is -0.496 e. The molecule has 2 rings (SSSR count). The van der Waals surface area contributed by atoms with E-state index in [1.54, 1.807) is 25.3 Å². The van der Waals surface area contributed by atoms with Crippen molar-refractivity contribution in [3.05, 3.63) is 59.2 Å². The molecule has 142 valence electrons. The van der Waals surface area contributed by atoms with Crippen LogP contribution >= 0.6 is 0 Å². The molecule has 0 aromatic heterocycles. The lowest BCUT2D eigenvalue weighted by Crippen LogP contribution is -2.23. The Morgan fingerprint density at radius 2 is 1.62 bits per heavy atom. The highest BCUT2D eigenvalue weighted by molar-refractivity contribution is 7.89. The van der Waals surface area contributed by atoms with Crippen LogP contribution in [0.2, 0.25) is 0 Å². The fourth-order valence-corrected chi connectivity index (χ4v) is 3.85. The summed E-state index contributed by atoms with van der Waals surface area (Å²) in [6.45, 7) is 9.31. The van der Waals surface area contributed by atoms with Gasteiger partial charge in [-0.15, -0.1) is 0 Å². The largest absolute Gasteiger partial charge is 0.496 e. The summed E-state index contributed by atoms with van der Waals surface area (Å²) in [5, 5.41) is 0. The predicted octanol–water partition coefficient (Wildman–Crippen LogP) is 3.32. The van der Waals surface area contributed by atoms with Crippen molar-refractivity contribution in [2.75, 3.05) is 20.2 Å². The van der Waals surface area contributed by atoms with Crippen molar-refractivity contribution in [3.8, 4) is 5.75 Å². The smallest absolute Gasteiger partial charge is 0.240 e. The number of sulfonamides is 1. The molecule has 26 heavy (non-hydrogen) atoms. The first-order valence-electron chi connectivity index (χ1n) is 8.84. The van der Waals surface area contributed by atoms with Crippen LogP contribution < -0.4 is 9.46 Å². The normalized spacial score (nSPS) is 11.7. The van der Waals surface area contributed by atoms with Gasteiger partial charge >= 0.3 is 0 Å². The van der Waals surface area contributed by atoms with Gasteiger partial charge in [0.05, 0.1) is 12.0 Å². The maximum Gasteiger partial charge on any atom is 0.240 e. The van der Waals surface area contributed by atoms with E-state index in [1.807, 2.05) is 19.1 Å². The molecule has 5 nitrogen and oxygen atoms in total. The van der Waals surface area contributed by atoms with Crippen molar-refractivity contribution in [1.82, 2.24) is 9.62 Å². The third kappa shape index (κ3) is 5.30. The van der Waals surface area contributed by atoms with Gasteiger partial charge < -0.3 is 4.74 Å². The zero-order chi connectivity index (χ0) is 19.2. The topological polar surface area (TPSA) is 58.6 Å². The molecule has 0 unspecified atom stereocenters. The van der Waals surface area contributed by atoms with Gasteiger partial charge in [-0.2, -0.15) is 0 Å². The third-order valence-electron chi connectivity index (χ3n) is 4.47. The first kappa shape index (κ1) is 20.4. The van der Waals surface area contributed by atoms with Gasteiger partial charge in [0.25, 0.3) is 0 Å². The first-order chi connectivity index (χ1) is 12.4. The van der Waals surface area contributed by atoms with Gasteiger partial charge in [0.15, 0.2) is 0 Å². The quantitative estimate of drug-likeness (QED) is 0.729. The van der Waals surface area contributed by atoms with Gasteiger partial charge in [-0.1, -0.05) is 38.1 Å². The van der Waals surface area contributed by atoms with Gasteiger partial charge in [0.2, 0.25) is 10.0 Å². The highest BCUT2D eigenvalue weighted by Gasteiger charge is 2.15. The molecule has 1 N–H and O–H groups in total. The summed E-state index contributed by atoms with van der Waals surface area (Å²) in [6.07, 6.45) is 0. The maximum atomic E-state index is 12.5. The molecule has 0 atom stereocenters. The Labute approximate surface area is 157 Å². The molecule has 6 heteroatoms. The molecular weight excluding hydrogens is 348 g/mol. The van der Waals surface area contributed by atoms with Crippen LogP contribution in [0.3, 0.4) is 0 Å². The van der Waals surface area contributed by atoms with Gasteiger partial charge in [-0.05, 0) is 54.9 Å². The number of aryl methyl sites for hydroxylation is 1. The maximum absolute atomic E-state index is 12.5. The van der Waals surface area contributed by atoms with Crippen LogP contribution in [0.15, 0.2) is 47.4 Å². The number of nitrogens with one attached hydrogen (secondary N) is 1. The summed E-state index contributed by atoms with van der Waals surface area (Å²) in [5.41, 5.74) is 2.95. The van der Waals surface area contributed by atoms with Crippen LogP contribution in [0.4, 0.5) is 0 Å². The van der Waals surface area contributed by atoms with Crippen molar-refractivity contribution in [2.45, 2.75) is 38.8 Å². The van der Waals surface area contributed by atoms with E-state index in [4.69, 9.17) is 4.74 Å². The molecule has 0 fully saturated rings.